The van der Waals surface area contributed by atoms with Crippen LogP contribution >= 0.6 is 23.0 Å². The van der Waals surface area contributed by atoms with Gasteiger partial charge in [-0.25, -0.2) is 0 Å². The summed E-state index contributed by atoms with van der Waals surface area (Å²) in [5, 5.41) is 0.492. The van der Waals surface area contributed by atoms with Crippen LogP contribution in [-0.2, 0) is 0 Å². The Bertz CT molecular complexity index is 269. The molecule has 0 radical (unpaired) electrons. The highest BCUT2D eigenvalue weighted by molar-refractivity contribution is 8.15. The van der Waals surface area contributed by atoms with Crippen molar-refractivity contribution in [2.45, 2.75) is 44.7 Å². The van der Waals surface area contributed by atoms with E-state index in [2.05, 4.69) is 52.9 Å². The Morgan fingerprint density at radius 3 is 1.77 bits per heavy atom. The first-order chi connectivity index (χ1) is 5.72. The van der Waals surface area contributed by atoms with Crippen molar-refractivity contribution in [3.05, 3.63) is 11.6 Å². The summed E-state index contributed by atoms with van der Waals surface area (Å²) < 4.78 is 0. The maximum Gasteiger partial charge on any atom is 0.0125 e. The van der Waals surface area contributed by atoms with Crippen molar-refractivity contribution in [2.75, 3.05) is 6.66 Å². The Kier molecular flexibility index (Phi) is 3.21. The predicted molar refractivity (Wildman–Crippen MR) is 71.1 cm³/mol. The third kappa shape index (κ3) is 2.68. The molecule has 1 atom stereocenters. The van der Waals surface area contributed by atoms with E-state index in [4.69, 9.17) is 0 Å². The van der Waals surface area contributed by atoms with E-state index < -0.39 is 6.55 Å². The van der Waals surface area contributed by atoms with Gasteiger partial charge in [0.1, 0.15) is 0 Å². The predicted octanol–water partition coefficient (Wildman–Crippen LogP) is 5.19. The fraction of sp³-hybridized carbons (Fsp3) is 0.800. The van der Waals surface area contributed by atoms with Gasteiger partial charge in [-0.05, 0) is 18.4 Å². The van der Waals surface area contributed by atoms with E-state index >= 15 is 0 Å². The number of hydrogen-bond acceptors (Lipinski definition) is 0. The van der Waals surface area contributed by atoms with Crippen LogP contribution in [0, 0.1) is 0 Å². The summed E-state index contributed by atoms with van der Waals surface area (Å²) in [6, 6.07) is 0. The molecule has 1 aliphatic heterocycles. The van der Waals surface area contributed by atoms with Gasteiger partial charge in [0, 0.05) is 4.90 Å². The molecule has 0 saturated carbocycles. The van der Waals surface area contributed by atoms with Crippen molar-refractivity contribution in [3.63, 3.8) is 0 Å². The lowest BCUT2D eigenvalue weighted by Gasteiger charge is -2.35. The van der Waals surface area contributed by atoms with Crippen molar-refractivity contribution in [3.8, 4) is 0 Å². The van der Waals surface area contributed by atoms with Gasteiger partial charge in [-0.3, -0.25) is 0 Å². The van der Waals surface area contributed by atoms with Crippen molar-refractivity contribution >= 4 is 23.0 Å². The van der Waals surface area contributed by atoms with Crippen molar-refractivity contribution < 1.29 is 0 Å². The summed E-state index contributed by atoms with van der Waals surface area (Å²) in [5.41, 5.74) is 0. The smallest absolute Gasteiger partial charge is 0.0125 e. The molecule has 0 fully saturated rings. The van der Waals surface area contributed by atoms with Crippen LogP contribution in [-0.4, -0.2) is 16.7 Å². The Hall–Kier alpha value is 0.900. The topological polar surface area (TPSA) is 0 Å². The maximum absolute atomic E-state index is 2.49. The van der Waals surface area contributed by atoms with Crippen LogP contribution in [0.3, 0.4) is 0 Å². The molecule has 0 aliphatic carbocycles. The van der Waals surface area contributed by atoms with Crippen LogP contribution in [0.4, 0.5) is 0 Å². The molecule has 0 amide bonds. The van der Waals surface area contributed by atoms with Gasteiger partial charge in [-0.15, -0.1) is 16.4 Å². The summed E-state index contributed by atoms with van der Waals surface area (Å²) in [6.45, 7) is 13.6. The number of rotatable bonds is 2. The van der Waals surface area contributed by atoms with Crippen molar-refractivity contribution in [1.29, 1.82) is 0 Å². The zero-order valence-electron chi connectivity index (χ0n) is 9.55. The Labute approximate surface area is 86.3 Å². The summed E-state index contributed by atoms with van der Waals surface area (Å²) in [5.74, 6) is 4.99. The lowest BCUT2D eigenvalue weighted by Crippen LogP contribution is -2.17. The molecule has 1 unspecified atom stereocenters. The minimum Gasteiger partial charge on any atom is -0.105 e. The molecular weight excluding hydrogens is 213 g/mol. The third-order valence-electron chi connectivity index (χ3n) is 2.34. The van der Waals surface area contributed by atoms with Crippen LogP contribution in [0.2, 0.25) is 0 Å². The molecule has 0 aromatic rings. The van der Waals surface area contributed by atoms with Crippen LogP contribution in [0.15, 0.2) is 11.6 Å². The second-order valence-electron chi connectivity index (χ2n) is 5.17. The highest BCUT2D eigenvalue weighted by Crippen LogP contribution is 2.83. The van der Waals surface area contributed by atoms with Gasteiger partial charge in [0.05, 0.1) is 0 Å². The van der Waals surface area contributed by atoms with Gasteiger partial charge < -0.3 is 0 Å². The monoisotopic (exact) mass is 234 g/mol. The van der Waals surface area contributed by atoms with Crippen LogP contribution in [0.1, 0.15) is 34.6 Å². The zero-order valence-corrected chi connectivity index (χ0v) is 12.3. The zero-order chi connectivity index (χ0) is 10.3. The standard InChI is InChI=1S/C10H21P3/c1-9(2,3)12-10(4,5)13(11-6)7-8-13/h7-8,12H,1-6H3. The molecule has 1 heterocycles. The summed E-state index contributed by atoms with van der Waals surface area (Å²) >= 11 is 0. The van der Waals surface area contributed by atoms with E-state index in [-0.39, 0.29) is 0 Å². The first-order valence-corrected chi connectivity index (χ1v) is 9.69. The molecule has 1 aliphatic rings. The highest BCUT2D eigenvalue weighted by Gasteiger charge is 2.40. The van der Waals surface area contributed by atoms with Gasteiger partial charge in [-0.2, -0.15) is 0 Å². The summed E-state index contributed by atoms with van der Waals surface area (Å²) in [6.07, 6.45) is 0. The number of hydrogen-bond donors (Lipinski definition) is 0. The lowest BCUT2D eigenvalue weighted by molar-refractivity contribution is 0.776. The minimum atomic E-state index is -0.738. The van der Waals surface area contributed by atoms with Crippen LogP contribution in [0.25, 0.3) is 0 Å². The SMILES string of the molecule is CP=P1(C(C)(C)PC(C)(C)C)C=C1. The molecule has 76 valence electrons. The first kappa shape index (κ1) is 12.0. The van der Waals surface area contributed by atoms with E-state index in [1.807, 2.05) is 0 Å². The summed E-state index contributed by atoms with van der Waals surface area (Å²) in [4.78, 5) is 0.557. The van der Waals surface area contributed by atoms with Gasteiger partial charge in [0.15, 0.2) is 0 Å². The molecule has 1 rings (SSSR count). The van der Waals surface area contributed by atoms with E-state index in [0.29, 0.717) is 10.1 Å². The molecular formula is C10H21P3. The first-order valence-electron chi connectivity index (χ1n) is 4.72. The summed E-state index contributed by atoms with van der Waals surface area (Å²) in [7, 11) is 2.69. The minimum absolute atomic E-state index is 0.492. The van der Waals surface area contributed by atoms with Gasteiger partial charge in [0.2, 0.25) is 0 Å². The fourth-order valence-corrected chi connectivity index (χ4v) is 12.0. The Morgan fingerprint density at radius 2 is 1.54 bits per heavy atom. The van der Waals surface area contributed by atoms with Crippen molar-refractivity contribution in [2.24, 2.45) is 0 Å². The second-order valence-corrected chi connectivity index (χ2v) is 15.4. The van der Waals surface area contributed by atoms with Crippen LogP contribution in [0.5, 0.6) is 0 Å². The average Bonchev–Trinajstić information content (AvgIpc) is 2.59. The molecule has 0 nitrogen and oxygen atoms in total. The maximum atomic E-state index is 2.49. The second kappa shape index (κ2) is 3.48. The van der Waals surface area contributed by atoms with Gasteiger partial charge in [0.25, 0.3) is 0 Å². The Balaban J connectivity index is 2.79. The largest absolute Gasteiger partial charge is 0.105 e. The molecule has 0 spiro atoms. The lowest BCUT2D eigenvalue weighted by atomic mass is 10.3. The normalized spacial score (nSPS) is 21.7. The van der Waals surface area contributed by atoms with Gasteiger partial charge >= 0.3 is 0 Å². The Morgan fingerprint density at radius 1 is 1.08 bits per heavy atom. The average molecular weight is 234 g/mol. The molecule has 0 N–H and O–H groups in total. The van der Waals surface area contributed by atoms with E-state index in [1.165, 1.54) is 0 Å². The van der Waals surface area contributed by atoms with E-state index in [1.54, 1.807) is 7.87 Å². The highest BCUT2D eigenvalue weighted by atomic mass is 31.8. The molecule has 13 heavy (non-hydrogen) atoms. The fourth-order valence-electron chi connectivity index (χ4n) is 1.83. The van der Waals surface area contributed by atoms with Crippen LogP contribution < -0.4 is 0 Å². The molecule has 3 heteroatoms. The molecule has 0 bridgehead atoms. The molecule has 0 saturated heterocycles. The quantitative estimate of drug-likeness (QED) is 0.576. The van der Waals surface area contributed by atoms with E-state index in [0.717, 1.165) is 8.58 Å². The molecule has 0 aromatic heterocycles. The van der Waals surface area contributed by atoms with Crippen molar-refractivity contribution in [1.82, 2.24) is 0 Å². The van der Waals surface area contributed by atoms with Gasteiger partial charge in [-0.1, -0.05) is 46.3 Å². The third-order valence-corrected chi connectivity index (χ3v) is 13.3. The molecule has 0 aromatic carbocycles. The van der Waals surface area contributed by atoms with E-state index in [9.17, 15) is 0 Å².